The molecule has 0 fully saturated rings. The van der Waals surface area contributed by atoms with Crippen molar-refractivity contribution in [3.05, 3.63) is 30.1 Å². The molecule has 0 bridgehead atoms. The molecule has 6 heteroatoms. The Hall–Kier alpha value is -1.56. The number of pyridine rings is 1. The van der Waals surface area contributed by atoms with Gasteiger partial charge in [-0.25, -0.2) is 4.79 Å². The first-order valence-corrected chi connectivity index (χ1v) is 5.78. The largest absolute Gasteiger partial charge is 0.480 e. The number of carboxylic acids is 1. The monoisotopic (exact) mass is 240 g/mol. The zero-order valence-corrected chi connectivity index (χ0v) is 9.31. The SMILES string of the molecule is O=CNC(CSCc1ccncc1)C(=O)O. The number of aliphatic carboxylic acids is 1. The average Bonchev–Trinajstić information content (AvgIpc) is 2.29. The lowest BCUT2D eigenvalue weighted by Crippen LogP contribution is -2.37. The Bertz CT molecular complexity index is 345. The summed E-state index contributed by atoms with van der Waals surface area (Å²) >= 11 is 1.45. The number of amides is 1. The first kappa shape index (κ1) is 12.5. The van der Waals surface area contributed by atoms with Crippen LogP contribution in [0.5, 0.6) is 0 Å². The fourth-order valence-corrected chi connectivity index (χ4v) is 2.07. The van der Waals surface area contributed by atoms with Crippen LogP contribution in [0.1, 0.15) is 5.56 Å². The summed E-state index contributed by atoms with van der Waals surface area (Å²) in [6.07, 6.45) is 3.79. The molecule has 1 rings (SSSR count). The highest BCUT2D eigenvalue weighted by Gasteiger charge is 2.15. The molecule has 2 N–H and O–H groups in total. The van der Waals surface area contributed by atoms with Gasteiger partial charge in [0.1, 0.15) is 6.04 Å². The van der Waals surface area contributed by atoms with E-state index in [1.807, 2.05) is 12.1 Å². The summed E-state index contributed by atoms with van der Waals surface area (Å²) in [5.74, 6) is 0.0257. The predicted molar refractivity (Wildman–Crippen MR) is 61.0 cm³/mol. The smallest absolute Gasteiger partial charge is 0.327 e. The number of carboxylic acid groups (broad SMARTS) is 1. The van der Waals surface area contributed by atoms with Crippen molar-refractivity contribution in [3.8, 4) is 0 Å². The summed E-state index contributed by atoms with van der Waals surface area (Å²) in [4.78, 5) is 24.7. The van der Waals surface area contributed by atoms with Gasteiger partial charge < -0.3 is 10.4 Å². The van der Waals surface area contributed by atoms with Gasteiger partial charge in [-0.3, -0.25) is 9.78 Å². The van der Waals surface area contributed by atoms with Crippen molar-refractivity contribution in [2.24, 2.45) is 0 Å². The molecule has 0 aliphatic heterocycles. The molecule has 1 aromatic heterocycles. The molecule has 0 aromatic carbocycles. The van der Waals surface area contributed by atoms with Crippen molar-refractivity contribution in [1.29, 1.82) is 0 Å². The maximum Gasteiger partial charge on any atom is 0.327 e. The van der Waals surface area contributed by atoms with Gasteiger partial charge in [-0.2, -0.15) is 11.8 Å². The van der Waals surface area contributed by atoms with Crippen LogP contribution in [0.2, 0.25) is 0 Å². The first-order valence-electron chi connectivity index (χ1n) is 4.63. The predicted octanol–water partition coefficient (Wildman–Crippen LogP) is 0.514. The Morgan fingerprint density at radius 3 is 2.81 bits per heavy atom. The van der Waals surface area contributed by atoms with Gasteiger partial charge in [0.15, 0.2) is 0 Å². The number of aromatic nitrogens is 1. The van der Waals surface area contributed by atoms with E-state index < -0.39 is 12.0 Å². The van der Waals surface area contributed by atoms with Crippen LogP contribution in [-0.4, -0.2) is 34.3 Å². The minimum Gasteiger partial charge on any atom is -0.480 e. The van der Waals surface area contributed by atoms with Crippen LogP contribution in [0.3, 0.4) is 0 Å². The lowest BCUT2D eigenvalue weighted by Gasteiger charge is -2.10. The van der Waals surface area contributed by atoms with E-state index in [-0.39, 0.29) is 0 Å². The van der Waals surface area contributed by atoms with Crippen molar-refractivity contribution in [2.75, 3.05) is 5.75 Å². The van der Waals surface area contributed by atoms with Crippen LogP contribution in [-0.2, 0) is 15.3 Å². The van der Waals surface area contributed by atoms with E-state index in [2.05, 4.69) is 10.3 Å². The van der Waals surface area contributed by atoms with E-state index in [0.29, 0.717) is 17.9 Å². The normalized spacial score (nSPS) is 11.8. The summed E-state index contributed by atoms with van der Waals surface area (Å²) in [7, 11) is 0. The molecule has 1 amide bonds. The van der Waals surface area contributed by atoms with Crippen LogP contribution >= 0.6 is 11.8 Å². The third-order valence-electron chi connectivity index (χ3n) is 1.87. The zero-order valence-electron chi connectivity index (χ0n) is 8.50. The maximum atomic E-state index is 10.7. The van der Waals surface area contributed by atoms with E-state index in [0.717, 1.165) is 5.56 Å². The summed E-state index contributed by atoms with van der Waals surface area (Å²) in [5, 5.41) is 11.0. The van der Waals surface area contributed by atoms with Crippen molar-refractivity contribution in [3.63, 3.8) is 0 Å². The van der Waals surface area contributed by atoms with E-state index in [4.69, 9.17) is 5.11 Å². The molecule has 0 saturated carbocycles. The summed E-state index contributed by atoms with van der Waals surface area (Å²) in [6, 6.07) is 2.91. The number of thioether (sulfide) groups is 1. The molecule has 0 aliphatic rings. The molecule has 16 heavy (non-hydrogen) atoms. The summed E-state index contributed by atoms with van der Waals surface area (Å²) in [6.45, 7) is 0. The number of hydrogen-bond donors (Lipinski definition) is 2. The number of carbonyl (C=O) groups is 2. The molecular formula is C10H12N2O3S. The zero-order chi connectivity index (χ0) is 11.8. The quantitative estimate of drug-likeness (QED) is 0.679. The molecule has 0 spiro atoms. The molecule has 1 unspecified atom stereocenters. The highest BCUT2D eigenvalue weighted by atomic mass is 32.2. The fraction of sp³-hybridized carbons (Fsp3) is 0.300. The highest BCUT2D eigenvalue weighted by molar-refractivity contribution is 7.98. The van der Waals surface area contributed by atoms with Gasteiger partial charge in [-0.15, -0.1) is 0 Å². The molecule has 1 heterocycles. The third kappa shape index (κ3) is 4.31. The number of nitrogens with zero attached hydrogens (tertiary/aromatic N) is 1. The molecule has 0 saturated heterocycles. The Morgan fingerprint density at radius 2 is 2.25 bits per heavy atom. The Morgan fingerprint density at radius 1 is 1.56 bits per heavy atom. The molecule has 5 nitrogen and oxygen atoms in total. The van der Waals surface area contributed by atoms with E-state index in [1.54, 1.807) is 12.4 Å². The Labute approximate surface area is 97.3 Å². The first-order chi connectivity index (χ1) is 7.74. The van der Waals surface area contributed by atoms with E-state index in [1.165, 1.54) is 11.8 Å². The standard InChI is InChI=1S/C10H12N2O3S/c13-7-12-9(10(14)15)6-16-5-8-1-3-11-4-2-8/h1-4,7,9H,5-6H2,(H,12,13)(H,14,15). The lowest BCUT2D eigenvalue weighted by atomic mass is 10.3. The van der Waals surface area contributed by atoms with Gasteiger partial charge in [0.2, 0.25) is 6.41 Å². The second kappa shape index (κ2) is 6.84. The van der Waals surface area contributed by atoms with Crippen molar-refractivity contribution in [1.82, 2.24) is 10.3 Å². The molecule has 1 aromatic rings. The minimum atomic E-state index is -1.02. The second-order valence-electron chi connectivity index (χ2n) is 3.05. The topological polar surface area (TPSA) is 79.3 Å². The van der Waals surface area contributed by atoms with Gasteiger partial charge in [0, 0.05) is 23.9 Å². The van der Waals surface area contributed by atoms with Gasteiger partial charge in [0.05, 0.1) is 0 Å². The molecule has 86 valence electrons. The van der Waals surface area contributed by atoms with Gasteiger partial charge in [-0.05, 0) is 17.7 Å². The van der Waals surface area contributed by atoms with Crippen LogP contribution < -0.4 is 5.32 Å². The van der Waals surface area contributed by atoms with Crippen LogP contribution in [0.25, 0.3) is 0 Å². The molecule has 0 aliphatic carbocycles. The number of rotatable bonds is 7. The summed E-state index contributed by atoms with van der Waals surface area (Å²) in [5.41, 5.74) is 1.08. The van der Waals surface area contributed by atoms with Gasteiger partial charge in [-0.1, -0.05) is 0 Å². The van der Waals surface area contributed by atoms with Crippen molar-refractivity contribution >= 4 is 24.1 Å². The molecule has 1 atom stereocenters. The third-order valence-corrected chi connectivity index (χ3v) is 2.98. The van der Waals surface area contributed by atoms with Crippen molar-refractivity contribution < 1.29 is 14.7 Å². The fourth-order valence-electron chi connectivity index (χ4n) is 1.05. The molecule has 0 radical (unpaired) electrons. The average molecular weight is 240 g/mol. The molecular weight excluding hydrogens is 228 g/mol. The Balaban J connectivity index is 2.33. The van der Waals surface area contributed by atoms with E-state index in [9.17, 15) is 9.59 Å². The second-order valence-corrected chi connectivity index (χ2v) is 4.08. The number of carbonyl (C=O) groups excluding carboxylic acids is 1. The highest BCUT2D eigenvalue weighted by Crippen LogP contribution is 2.12. The van der Waals surface area contributed by atoms with Crippen molar-refractivity contribution in [2.45, 2.75) is 11.8 Å². The Kier molecular flexibility index (Phi) is 5.35. The number of nitrogens with one attached hydrogen (secondary N) is 1. The van der Waals surface area contributed by atoms with Gasteiger partial charge in [0.25, 0.3) is 0 Å². The van der Waals surface area contributed by atoms with E-state index >= 15 is 0 Å². The minimum absolute atomic E-state index is 0.344. The lowest BCUT2D eigenvalue weighted by molar-refractivity contribution is -0.139. The summed E-state index contributed by atoms with van der Waals surface area (Å²) < 4.78 is 0. The van der Waals surface area contributed by atoms with Crippen LogP contribution in [0.15, 0.2) is 24.5 Å². The van der Waals surface area contributed by atoms with Gasteiger partial charge >= 0.3 is 5.97 Å². The maximum absolute atomic E-state index is 10.7. The van der Waals surface area contributed by atoms with Crippen LogP contribution in [0, 0.1) is 0 Å². The van der Waals surface area contributed by atoms with Crippen LogP contribution in [0.4, 0.5) is 0 Å². The number of hydrogen-bond acceptors (Lipinski definition) is 4.